The van der Waals surface area contributed by atoms with Crippen molar-refractivity contribution in [3.63, 3.8) is 0 Å². The van der Waals surface area contributed by atoms with Gasteiger partial charge in [0, 0.05) is 17.6 Å². The van der Waals surface area contributed by atoms with Crippen molar-refractivity contribution < 1.29 is 0 Å². The van der Waals surface area contributed by atoms with Gasteiger partial charge in [0.15, 0.2) is 0 Å². The maximum absolute atomic E-state index is 4.48. The Morgan fingerprint density at radius 1 is 1.32 bits per heavy atom. The van der Waals surface area contributed by atoms with Crippen molar-refractivity contribution in [3.8, 4) is 0 Å². The van der Waals surface area contributed by atoms with Gasteiger partial charge < -0.3 is 5.32 Å². The van der Waals surface area contributed by atoms with Crippen molar-refractivity contribution >= 4 is 10.9 Å². The lowest BCUT2D eigenvalue weighted by atomic mass is 9.96. The van der Waals surface area contributed by atoms with E-state index in [4.69, 9.17) is 0 Å². The lowest BCUT2D eigenvalue weighted by molar-refractivity contribution is 0.465. The number of pyridine rings is 1. The van der Waals surface area contributed by atoms with Crippen molar-refractivity contribution in [1.82, 2.24) is 10.3 Å². The smallest absolute Gasteiger partial charge is 0.0705 e. The van der Waals surface area contributed by atoms with Gasteiger partial charge in [0.25, 0.3) is 0 Å². The van der Waals surface area contributed by atoms with Crippen molar-refractivity contribution in [2.45, 2.75) is 32.7 Å². The van der Waals surface area contributed by atoms with Gasteiger partial charge in [0.05, 0.1) is 5.52 Å². The normalized spacial score (nSPS) is 23.5. The molecule has 1 aromatic carbocycles. The molecule has 1 saturated carbocycles. The Morgan fingerprint density at radius 3 is 2.89 bits per heavy atom. The number of hydrogen-bond acceptors (Lipinski definition) is 2. The minimum absolute atomic E-state index is 0.489. The maximum atomic E-state index is 4.48. The summed E-state index contributed by atoms with van der Waals surface area (Å²) >= 11 is 0. The molecule has 3 atom stereocenters. The highest BCUT2D eigenvalue weighted by atomic mass is 14.9. The lowest BCUT2D eigenvalue weighted by Gasteiger charge is -2.20. The van der Waals surface area contributed by atoms with E-state index in [0.29, 0.717) is 6.04 Å². The number of nitrogens with zero attached hydrogens (tertiary/aromatic N) is 1. The first-order chi connectivity index (χ1) is 9.31. The number of hydrogen-bond donors (Lipinski definition) is 1. The molecule has 1 fully saturated rings. The van der Waals surface area contributed by atoms with E-state index < -0.39 is 0 Å². The molecule has 1 heterocycles. The minimum atomic E-state index is 0.489. The fourth-order valence-corrected chi connectivity index (χ4v) is 3.01. The molecule has 0 bridgehead atoms. The van der Waals surface area contributed by atoms with Crippen molar-refractivity contribution in [3.05, 3.63) is 42.1 Å². The highest BCUT2D eigenvalue weighted by Gasteiger charge is 2.40. The van der Waals surface area contributed by atoms with Gasteiger partial charge in [-0.15, -0.1) is 0 Å². The summed E-state index contributed by atoms with van der Waals surface area (Å²) in [5, 5.41) is 5.05. The predicted octanol–water partition coefficient (Wildman–Crippen LogP) is 3.93. The molecule has 0 spiro atoms. The van der Waals surface area contributed by atoms with Crippen LogP contribution >= 0.6 is 0 Å². The molecular weight excluding hydrogens is 232 g/mol. The van der Waals surface area contributed by atoms with Gasteiger partial charge in [-0.05, 0) is 48.9 Å². The van der Waals surface area contributed by atoms with E-state index in [-0.39, 0.29) is 0 Å². The summed E-state index contributed by atoms with van der Waals surface area (Å²) in [6, 6.07) is 11.2. The largest absolute Gasteiger partial charge is 0.310 e. The van der Waals surface area contributed by atoms with Crippen LogP contribution in [0.3, 0.4) is 0 Å². The average Bonchev–Trinajstić information content (AvgIpc) is 3.16. The number of benzene rings is 1. The number of rotatable bonds is 5. The molecule has 100 valence electrons. The Morgan fingerprint density at radius 2 is 2.16 bits per heavy atom. The third-order valence-corrected chi connectivity index (χ3v) is 4.23. The maximum Gasteiger partial charge on any atom is 0.0705 e. The molecule has 3 rings (SSSR count). The van der Waals surface area contributed by atoms with Gasteiger partial charge in [-0.2, -0.15) is 0 Å². The van der Waals surface area contributed by atoms with Crippen molar-refractivity contribution in [1.29, 1.82) is 0 Å². The van der Waals surface area contributed by atoms with E-state index in [2.05, 4.69) is 48.4 Å². The third-order valence-electron chi connectivity index (χ3n) is 4.23. The predicted molar refractivity (Wildman–Crippen MR) is 80.0 cm³/mol. The van der Waals surface area contributed by atoms with Gasteiger partial charge in [-0.1, -0.05) is 32.0 Å². The van der Waals surface area contributed by atoms with Crippen molar-refractivity contribution in [2.24, 2.45) is 11.8 Å². The molecule has 0 radical (unpaired) electrons. The molecule has 0 amide bonds. The number of aromatic nitrogens is 1. The van der Waals surface area contributed by atoms with Gasteiger partial charge >= 0.3 is 0 Å². The fourth-order valence-electron chi connectivity index (χ4n) is 3.01. The molecule has 1 aliphatic rings. The Kier molecular flexibility index (Phi) is 3.52. The summed E-state index contributed by atoms with van der Waals surface area (Å²) in [5.74, 6) is 1.64. The minimum Gasteiger partial charge on any atom is -0.310 e. The molecule has 0 aliphatic heterocycles. The van der Waals surface area contributed by atoms with E-state index in [0.717, 1.165) is 23.9 Å². The highest BCUT2D eigenvalue weighted by Crippen LogP contribution is 2.47. The first-order valence-corrected chi connectivity index (χ1v) is 7.38. The van der Waals surface area contributed by atoms with E-state index in [9.17, 15) is 0 Å². The van der Waals surface area contributed by atoms with E-state index in [1.165, 1.54) is 23.8 Å². The van der Waals surface area contributed by atoms with Crippen LogP contribution in [0.4, 0.5) is 0 Å². The average molecular weight is 254 g/mol. The van der Waals surface area contributed by atoms with Gasteiger partial charge in [-0.25, -0.2) is 0 Å². The van der Waals surface area contributed by atoms with Gasteiger partial charge in [-0.3, -0.25) is 4.98 Å². The fraction of sp³-hybridized carbons (Fsp3) is 0.471. The second-order valence-corrected chi connectivity index (χ2v) is 5.73. The van der Waals surface area contributed by atoms with Gasteiger partial charge in [0.2, 0.25) is 0 Å². The molecule has 2 heteroatoms. The molecule has 2 nitrogen and oxygen atoms in total. The van der Waals surface area contributed by atoms with E-state index in [1.807, 2.05) is 12.3 Å². The van der Waals surface area contributed by atoms with Gasteiger partial charge in [0.1, 0.15) is 0 Å². The zero-order valence-corrected chi connectivity index (χ0v) is 11.8. The molecule has 1 aliphatic carbocycles. The van der Waals surface area contributed by atoms with Crippen LogP contribution in [0.2, 0.25) is 0 Å². The summed E-state index contributed by atoms with van der Waals surface area (Å²) < 4.78 is 0. The highest BCUT2D eigenvalue weighted by molar-refractivity contribution is 5.82. The number of fused-ring (bicyclic) bond motifs is 1. The summed E-state index contributed by atoms with van der Waals surface area (Å²) in [4.78, 5) is 4.48. The standard InChI is InChI=1S/C17H22N2/c1-3-9-19-17(15-11-12(15)2)14-6-4-8-16-13(14)7-5-10-18-16/h4-8,10,12,15,17,19H,3,9,11H2,1-2H3. The van der Waals surface area contributed by atoms with E-state index in [1.54, 1.807) is 0 Å². The number of nitrogens with one attached hydrogen (secondary N) is 1. The van der Waals surface area contributed by atoms with Crippen LogP contribution in [-0.2, 0) is 0 Å². The molecule has 3 unspecified atom stereocenters. The lowest BCUT2D eigenvalue weighted by Crippen LogP contribution is -2.24. The molecule has 19 heavy (non-hydrogen) atoms. The quantitative estimate of drug-likeness (QED) is 0.874. The summed E-state index contributed by atoms with van der Waals surface area (Å²) in [5.41, 5.74) is 2.53. The molecule has 0 saturated heterocycles. The first-order valence-electron chi connectivity index (χ1n) is 7.38. The molecule has 1 aromatic heterocycles. The van der Waals surface area contributed by atoms with Crippen LogP contribution in [0.25, 0.3) is 10.9 Å². The van der Waals surface area contributed by atoms with Crippen LogP contribution in [0.15, 0.2) is 36.5 Å². The zero-order chi connectivity index (χ0) is 13.2. The Balaban J connectivity index is 1.99. The molecule has 1 N–H and O–H groups in total. The Labute approximate surface area is 115 Å². The van der Waals surface area contributed by atoms with Crippen LogP contribution in [-0.4, -0.2) is 11.5 Å². The zero-order valence-electron chi connectivity index (χ0n) is 11.8. The van der Waals surface area contributed by atoms with Crippen molar-refractivity contribution in [2.75, 3.05) is 6.54 Å². The summed E-state index contributed by atoms with van der Waals surface area (Å²) in [6.45, 7) is 5.67. The van der Waals surface area contributed by atoms with E-state index >= 15 is 0 Å². The first kappa shape index (κ1) is 12.6. The molecule has 2 aromatic rings. The van der Waals surface area contributed by atoms with Crippen LogP contribution in [0.1, 0.15) is 38.3 Å². The Bertz CT molecular complexity index is 559. The molecular formula is C17H22N2. The van der Waals surface area contributed by atoms with Crippen LogP contribution in [0, 0.1) is 11.8 Å². The summed E-state index contributed by atoms with van der Waals surface area (Å²) in [7, 11) is 0. The SMILES string of the molecule is CCCNC(c1cccc2ncccc12)C1CC1C. The van der Waals surface area contributed by atoms with Crippen LogP contribution in [0.5, 0.6) is 0 Å². The third kappa shape index (κ3) is 2.50. The Hall–Kier alpha value is -1.41. The monoisotopic (exact) mass is 254 g/mol. The second-order valence-electron chi connectivity index (χ2n) is 5.73. The summed E-state index contributed by atoms with van der Waals surface area (Å²) in [6.07, 6.45) is 4.40. The second kappa shape index (κ2) is 5.30. The topological polar surface area (TPSA) is 24.9 Å². The van der Waals surface area contributed by atoms with Crippen LogP contribution < -0.4 is 5.32 Å².